The van der Waals surface area contributed by atoms with E-state index in [0.717, 1.165) is 37.3 Å². The van der Waals surface area contributed by atoms with Gasteiger partial charge >= 0.3 is 5.97 Å². The molecule has 1 aliphatic rings. The van der Waals surface area contributed by atoms with E-state index in [0.29, 0.717) is 34.8 Å². The fourth-order valence-electron chi connectivity index (χ4n) is 6.34. The van der Waals surface area contributed by atoms with Crippen LogP contribution < -0.4 is 10.6 Å². The number of nitrogens with zero attached hydrogens (tertiary/aromatic N) is 2. The molecule has 0 unspecified atom stereocenters. The monoisotopic (exact) mass is 678 g/mol. The van der Waals surface area contributed by atoms with Gasteiger partial charge in [-0.1, -0.05) is 19.9 Å². The van der Waals surface area contributed by atoms with E-state index in [4.69, 9.17) is 9.47 Å². The summed E-state index contributed by atoms with van der Waals surface area (Å²) in [7, 11) is 2.94. The maximum Gasteiger partial charge on any atom is 0.307 e. The normalized spacial score (nSPS) is 14.7. The summed E-state index contributed by atoms with van der Waals surface area (Å²) in [4.78, 5) is 46.7. The molecule has 2 N–H and O–H groups in total. The van der Waals surface area contributed by atoms with Crippen molar-refractivity contribution in [1.29, 1.82) is 0 Å². The highest BCUT2D eigenvalue weighted by Crippen LogP contribution is 2.34. The van der Waals surface area contributed by atoms with Gasteiger partial charge in [0, 0.05) is 31.5 Å². The van der Waals surface area contributed by atoms with Gasteiger partial charge in [-0.25, -0.2) is 13.8 Å². The number of esters is 1. The van der Waals surface area contributed by atoms with E-state index in [9.17, 15) is 18.8 Å². The van der Waals surface area contributed by atoms with E-state index in [2.05, 4.69) is 20.5 Å². The van der Waals surface area contributed by atoms with Crippen LogP contribution in [0.5, 0.6) is 0 Å². The highest BCUT2D eigenvalue weighted by molar-refractivity contribution is 5.96. The van der Waals surface area contributed by atoms with Gasteiger partial charge < -0.3 is 20.1 Å². The van der Waals surface area contributed by atoms with Crippen molar-refractivity contribution in [2.75, 3.05) is 33.9 Å². The molecule has 2 heterocycles. The molecule has 0 radical (unpaired) electrons. The van der Waals surface area contributed by atoms with Crippen LogP contribution in [0.25, 0.3) is 11.1 Å². The van der Waals surface area contributed by atoms with Gasteiger partial charge in [-0.2, -0.15) is 0 Å². The zero-order valence-electron chi connectivity index (χ0n) is 29.5. The molecule has 4 rings (SSSR count). The number of amides is 2. The van der Waals surface area contributed by atoms with Gasteiger partial charge in [-0.3, -0.25) is 19.3 Å². The standard InChI is InChI=1S/C38H48F2N4O5/c1-22(2)14-33(43-37(46)31-12-8-10-28(41-31)11-9-13-44-20-29(21-44)48-6)38(47)42-32(19-34(45)49-7)30-18-26(15-25(5)36(30)40)35-23(3)16-27(39)17-24(35)4/h8,10,12,15-18,22,29,32-33H,9,11,13-14,19-21H2,1-7H3,(H,42,47)(H,43,46)/t32-,33-/m0/s1. The molecule has 2 aromatic carbocycles. The predicted molar refractivity (Wildman–Crippen MR) is 184 cm³/mol. The van der Waals surface area contributed by atoms with Gasteiger partial charge in [-0.15, -0.1) is 0 Å². The number of carbonyl (C=O) groups excluding carboxylic acids is 3. The number of nitrogens with one attached hydrogen (secondary N) is 2. The molecule has 11 heteroatoms. The van der Waals surface area contributed by atoms with Gasteiger partial charge in [0.1, 0.15) is 23.4 Å². The minimum absolute atomic E-state index is 0.0142. The molecule has 1 fully saturated rings. The molecule has 2 atom stereocenters. The Balaban J connectivity index is 1.55. The van der Waals surface area contributed by atoms with Gasteiger partial charge in [0.05, 0.1) is 25.7 Å². The van der Waals surface area contributed by atoms with E-state index in [1.54, 1.807) is 52.1 Å². The number of rotatable bonds is 15. The molecule has 0 spiro atoms. The van der Waals surface area contributed by atoms with Crippen molar-refractivity contribution in [3.63, 3.8) is 0 Å². The van der Waals surface area contributed by atoms with Gasteiger partial charge in [-0.05, 0) is 117 Å². The summed E-state index contributed by atoms with van der Waals surface area (Å²) in [6.07, 6.45) is 1.81. The average molecular weight is 679 g/mol. The average Bonchev–Trinajstić information content (AvgIpc) is 3.02. The number of hydrogen-bond donors (Lipinski definition) is 2. The molecule has 9 nitrogen and oxygen atoms in total. The van der Waals surface area contributed by atoms with E-state index in [1.165, 1.54) is 19.2 Å². The number of methoxy groups -OCH3 is 2. The third kappa shape index (κ3) is 9.92. The zero-order valence-corrected chi connectivity index (χ0v) is 29.5. The van der Waals surface area contributed by atoms with Crippen molar-refractivity contribution in [1.82, 2.24) is 20.5 Å². The largest absolute Gasteiger partial charge is 0.469 e. The van der Waals surface area contributed by atoms with Crippen LogP contribution in [0.4, 0.5) is 8.78 Å². The van der Waals surface area contributed by atoms with Crippen molar-refractivity contribution in [3.8, 4) is 11.1 Å². The molecular formula is C38H48F2N4O5. The lowest BCUT2D eigenvalue weighted by molar-refractivity contribution is -0.141. The number of benzene rings is 2. The summed E-state index contributed by atoms with van der Waals surface area (Å²) >= 11 is 0. The topological polar surface area (TPSA) is 110 Å². The van der Waals surface area contributed by atoms with Crippen LogP contribution in [0.1, 0.15) is 77.6 Å². The molecule has 0 aliphatic carbocycles. The summed E-state index contributed by atoms with van der Waals surface area (Å²) in [5.74, 6) is -2.69. The molecule has 0 bridgehead atoms. The van der Waals surface area contributed by atoms with Crippen LogP contribution in [-0.4, -0.2) is 73.7 Å². The quantitative estimate of drug-likeness (QED) is 0.196. The molecule has 264 valence electrons. The number of ether oxygens (including phenoxy) is 2. The van der Waals surface area contributed by atoms with Crippen LogP contribution in [-0.2, 0) is 25.5 Å². The maximum atomic E-state index is 15.8. The Morgan fingerprint density at radius 2 is 1.67 bits per heavy atom. The van der Waals surface area contributed by atoms with Gasteiger partial charge in [0.15, 0.2) is 0 Å². The SMILES string of the molecule is COC(=O)C[C@H](NC(=O)[C@H](CC(C)C)NC(=O)c1cccc(CCCN2CC(OC)C2)n1)c1cc(-c2c(C)cc(F)cc2C)cc(C)c1F. The Bertz CT molecular complexity index is 1630. The van der Waals surface area contributed by atoms with E-state index < -0.39 is 35.7 Å². The lowest BCUT2D eigenvalue weighted by atomic mass is 9.90. The minimum Gasteiger partial charge on any atom is -0.469 e. The molecular weight excluding hydrogens is 630 g/mol. The Labute approximate surface area is 287 Å². The Morgan fingerprint density at radius 1 is 0.980 bits per heavy atom. The lowest BCUT2D eigenvalue weighted by Gasteiger charge is -2.38. The van der Waals surface area contributed by atoms with Crippen LogP contribution in [0.2, 0.25) is 0 Å². The van der Waals surface area contributed by atoms with Crippen LogP contribution >= 0.6 is 0 Å². The van der Waals surface area contributed by atoms with Gasteiger partial charge in [0.25, 0.3) is 5.91 Å². The number of carbonyl (C=O) groups is 3. The fourth-order valence-corrected chi connectivity index (χ4v) is 6.34. The summed E-state index contributed by atoms with van der Waals surface area (Å²) in [5.41, 5.74) is 4.01. The number of pyridine rings is 1. The Kier molecular flexibility index (Phi) is 13.0. The first-order valence-corrected chi connectivity index (χ1v) is 16.8. The molecule has 1 aliphatic heterocycles. The first-order valence-electron chi connectivity index (χ1n) is 16.8. The van der Waals surface area contributed by atoms with E-state index >= 15 is 4.39 Å². The summed E-state index contributed by atoms with van der Waals surface area (Å²) in [5, 5.41) is 5.65. The van der Waals surface area contributed by atoms with Crippen molar-refractivity contribution < 1.29 is 32.6 Å². The third-order valence-electron chi connectivity index (χ3n) is 8.89. The summed E-state index contributed by atoms with van der Waals surface area (Å²) in [6.45, 7) is 11.7. The second-order valence-electron chi connectivity index (χ2n) is 13.3. The third-order valence-corrected chi connectivity index (χ3v) is 8.89. The maximum absolute atomic E-state index is 15.8. The Hall–Kier alpha value is -4.22. The van der Waals surface area contributed by atoms with Gasteiger partial charge in [0.2, 0.25) is 5.91 Å². The zero-order chi connectivity index (χ0) is 35.8. The van der Waals surface area contributed by atoms with Crippen LogP contribution in [0.3, 0.4) is 0 Å². The van der Waals surface area contributed by atoms with E-state index in [1.807, 2.05) is 19.9 Å². The number of aryl methyl sites for hydroxylation is 4. The van der Waals surface area contributed by atoms with Crippen LogP contribution in [0, 0.1) is 38.3 Å². The number of likely N-dealkylation sites (tertiary alicyclic amines) is 1. The smallest absolute Gasteiger partial charge is 0.307 e. The Morgan fingerprint density at radius 3 is 2.31 bits per heavy atom. The minimum atomic E-state index is -1.11. The highest BCUT2D eigenvalue weighted by atomic mass is 19.1. The fraction of sp³-hybridized carbons (Fsp3) is 0.474. The van der Waals surface area contributed by atoms with Crippen molar-refractivity contribution in [2.24, 2.45) is 5.92 Å². The van der Waals surface area contributed by atoms with E-state index in [-0.39, 0.29) is 35.8 Å². The first kappa shape index (κ1) is 37.6. The van der Waals surface area contributed by atoms with Crippen LogP contribution in [0.15, 0.2) is 42.5 Å². The van der Waals surface area contributed by atoms with Crippen molar-refractivity contribution in [3.05, 3.63) is 87.7 Å². The van der Waals surface area contributed by atoms with Crippen molar-refractivity contribution >= 4 is 17.8 Å². The van der Waals surface area contributed by atoms with Crippen molar-refractivity contribution in [2.45, 2.75) is 78.5 Å². The second kappa shape index (κ2) is 16.9. The highest BCUT2D eigenvalue weighted by Gasteiger charge is 2.30. The molecule has 0 saturated carbocycles. The number of halogens is 2. The predicted octanol–water partition coefficient (Wildman–Crippen LogP) is 5.78. The number of hydrogen-bond acceptors (Lipinski definition) is 7. The number of aromatic nitrogens is 1. The summed E-state index contributed by atoms with van der Waals surface area (Å²) < 4.78 is 40.2. The molecule has 3 aromatic rings. The molecule has 1 saturated heterocycles. The lowest BCUT2D eigenvalue weighted by Crippen LogP contribution is -2.51. The molecule has 1 aromatic heterocycles. The molecule has 49 heavy (non-hydrogen) atoms. The second-order valence-corrected chi connectivity index (χ2v) is 13.3. The summed E-state index contributed by atoms with van der Waals surface area (Å²) in [6, 6.07) is 9.19. The molecule has 2 amide bonds. The first-order chi connectivity index (χ1) is 23.3.